The van der Waals surface area contributed by atoms with Gasteiger partial charge in [0, 0.05) is 19.3 Å². The van der Waals surface area contributed by atoms with Gasteiger partial charge < -0.3 is 10.0 Å². The van der Waals surface area contributed by atoms with Crippen molar-refractivity contribution in [3.8, 4) is 0 Å². The number of aromatic nitrogens is 2. The van der Waals surface area contributed by atoms with Gasteiger partial charge in [0.05, 0.1) is 16.7 Å². The van der Waals surface area contributed by atoms with E-state index in [-0.39, 0.29) is 6.04 Å². The molecule has 1 aromatic heterocycles. The first-order chi connectivity index (χ1) is 7.16. The summed E-state index contributed by atoms with van der Waals surface area (Å²) in [4.78, 5) is 12.3. The van der Waals surface area contributed by atoms with Crippen LogP contribution in [0.25, 0.3) is 0 Å². The summed E-state index contributed by atoms with van der Waals surface area (Å²) in [6.45, 7) is 1.16. The van der Waals surface area contributed by atoms with Gasteiger partial charge in [-0.3, -0.25) is 4.68 Å². The van der Waals surface area contributed by atoms with Gasteiger partial charge in [0.15, 0.2) is 0 Å². The molecular formula is C9H12BrN3O2. The maximum atomic E-state index is 10.8. The Balaban J connectivity index is 2.07. The molecule has 1 saturated heterocycles. The van der Waals surface area contributed by atoms with Gasteiger partial charge in [0.1, 0.15) is 0 Å². The average molecular weight is 274 g/mol. The van der Waals surface area contributed by atoms with Gasteiger partial charge in [-0.15, -0.1) is 0 Å². The molecule has 82 valence electrons. The number of piperidine rings is 1. The predicted octanol–water partition coefficient (Wildman–Crippen LogP) is 1.96. The molecule has 1 fully saturated rings. The Labute approximate surface area is 95.8 Å². The zero-order valence-corrected chi connectivity index (χ0v) is 9.72. The summed E-state index contributed by atoms with van der Waals surface area (Å²) in [7, 11) is 0. The van der Waals surface area contributed by atoms with Gasteiger partial charge >= 0.3 is 6.09 Å². The van der Waals surface area contributed by atoms with Crippen molar-refractivity contribution in [3.05, 3.63) is 16.9 Å². The van der Waals surface area contributed by atoms with E-state index in [4.69, 9.17) is 5.11 Å². The molecule has 1 atom stereocenters. The van der Waals surface area contributed by atoms with Crippen molar-refractivity contribution in [1.29, 1.82) is 0 Å². The lowest BCUT2D eigenvalue weighted by atomic mass is 10.1. The summed E-state index contributed by atoms with van der Waals surface area (Å²) in [5.74, 6) is 0. The van der Waals surface area contributed by atoms with Gasteiger partial charge in [0.25, 0.3) is 0 Å². The van der Waals surface area contributed by atoms with E-state index in [2.05, 4.69) is 21.0 Å². The lowest BCUT2D eigenvalue weighted by Gasteiger charge is -2.30. The minimum absolute atomic E-state index is 0.168. The summed E-state index contributed by atoms with van der Waals surface area (Å²) in [5.41, 5.74) is 0. The van der Waals surface area contributed by atoms with Crippen molar-refractivity contribution in [2.45, 2.75) is 18.9 Å². The summed E-state index contributed by atoms with van der Waals surface area (Å²) in [6.07, 6.45) is 4.65. The van der Waals surface area contributed by atoms with Gasteiger partial charge in [0.2, 0.25) is 0 Å². The van der Waals surface area contributed by atoms with Crippen molar-refractivity contribution in [2.24, 2.45) is 0 Å². The monoisotopic (exact) mass is 273 g/mol. The lowest BCUT2D eigenvalue weighted by Crippen LogP contribution is -2.39. The molecule has 1 amide bonds. The van der Waals surface area contributed by atoms with Crippen molar-refractivity contribution in [1.82, 2.24) is 14.7 Å². The number of nitrogens with zero attached hydrogens (tertiary/aromatic N) is 3. The highest BCUT2D eigenvalue weighted by molar-refractivity contribution is 9.10. The van der Waals surface area contributed by atoms with Crippen LogP contribution >= 0.6 is 15.9 Å². The molecule has 0 aromatic carbocycles. The first-order valence-electron chi connectivity index (χ1n) is 4.84. The second-order valence-corrected chi connectivity index (χ2v) is 4.58. The summed E-state index contributed by atoms with van der Waals surface area (Å²) in [6, 6.07) is 0.168. The van der Waals surface area contributed by atoms with Crippen LogP contribution in [-0.4, -0.2) is 39.0 Å². The first kappa shape index (κ1) is 10.5. The fourth-order valence-electron chi connectivity index (χ4n) is 1.86. The van der Waals surface area contributed by atoms with E-state index in [0.717, 1.165) is 17.3 Å². The van der Waals surface area contributed by atoms with Crippen LogP contribution in [0.1, 0.15) is 18.9 Å². The number of hydrogen-bond acceptors (Lipinski definition) is 2. The molecular weight excluding hydrogens is 262 g/mol. The lowest BCUT2D eigenvalue weighted by molar-refractivity contribution is 0.119. The minimum Gasteiger partial charge on any atom is -0.465 e. The molecule has 0 bridgehead atoms. The molecule has 6 heteroatoms. The molecule has 0 radical (unpaired) electrons. The molecule has 5 nitrogen and oxygen atoms in total. The van der Waals surface area contributed by atoms with Crippen molar-refractivity contribution < 1.29 is 9.90 Å². The van der Waals surface area contributed by atoms with E-state index in [1.807, 2.05) is 10.9 Å². The average Bonchev–Trinajstić information content (AvgIpc) is 2.65. The molecule has 1 aliphatic rings. The number of rotatable bonds is 1. The number of likely N-dealkylation sites (tertiary alicyclic amines) is 1. The fourth-order valence-corrected chi connectivity index (χ4v) is 2.16. The Kier molecular flexibility index (Phi) is 2.95. The largest absolute Gasteiger partial charge is 0.465 e. The third-order valence-electron chi connectivity index (χ3n) is 2.61. The van der Waals surface area contributed by atoms with Crippen LogP contribution in [0.5, 0.6) is 0 Å². The van der Waals surface area contributed by atoms with E-state index >= 15 is 0 Å². The molecule has 1 N–H and O–H groups in total. The Morgan fingerprint density at radius 2 is 2.47 bits per heavy atom. The molecule has 0 saturated carbocycles. The zero-order valence-electron chi connectivity index (χ0n) is 8.14. The molecule has 1 unspecified atom stereocenters. The predicted molar refractivity (Wildman–Crippen MR) is 57.8 cm³/mol. The highest BCUT2D eigenvalue weighted by Crippen LogP contribution is 2.22. The highest BCUT2D eigenvalue weighted by atomic mass is 79.9. The molecule has 1 aromatic rings. The maximum absolute atomic E-state index is 10.8. The Hall–Kier alpha value is -1.04. The minimum atomic E-state index is -0.842. The number of halogens is 1. The van der Waals surface area contributed by atoms with Gasteiger partial charge in [-0.05, 0) is 28.8 Å². The standard InChI is InChI=1S/C9H12BrN3O2/c10-7-4-11-13(5-7)8-2-1-3-12(6-8)9(14)15/h4-5,8H,1-3,6H2,(H,14,15). The van der Waals surface area contributed by atoms with E-state index < -0.39 is 6.09 Å². The molecule has 2 rings (SSSR count). The van der Waals surface area contributed by atoms with Crippen LogP contribution in [0.2, 0.25) is 0 Å². The maximum Gasteiger partial charge on any atom is 0.407 e. The van der Waals surface area contributed by atoms with E-state index in [9.17, 15) is 4.79 Å². The van der Waals surface area contributed by atoms with Crippen LogP contribution in [-0.2, 0) is 0 Å². The van der Waals surface area contributed by atoms with Crippen molar-refractivity contribution >= 4 is 22.0 Å². The second-order valence-electron chi connectivity index (χ2n) is 3.66. The molecule has 0 spiro atoms. The number of carboxylic acid groups (broad SMARTS) is 1. The van der Waals surface area contributed by atoms with Gasteiger partial charge in [-0.1, -0.05) is 0 Å². The van der Waals surface area contributed by atoms with Gasteiger partial charge in [-0.2, -0.15) is 5.10 Å². The SMILES string of the molecule is O=C(O)N1CCCC(n2cc(Br)cn2)C1. The quantitative estimate of drug-likeness (QED) is 0.851. The zero-order chi connectivity index (χ0) is 10.8. The normalized spacial score (nSPS) is 21.7. The topological polar surface area (TPSA) is 58.4 Å². The van der Waals surface area contributed by atoms with Crippen molar-refractivity contribution in [3.63, 3.8) is 0 Å². The Morgan fingerprint density at radius 1 is 1.67 bits per heavy atom. The molecule has 2 heterocycles. The van der Waals surface area contributed by atoms with E-state index in [0.29, 0.717) is 13.1 Å². The third kappa shape index (κ3) is 2.31. The van der Waals surface area contributed by atoms with Crippen LogP contribution in [0.3, 0.4) is 0 Å². The van der Waals surface area contributed by atoms with Gasteiger partial charge in [-0.25, -0.2) is 4.79 Å². The Morgan fingerprint density at radius 3 is 3.07 bits per heavy atom. The molecule has 15 heavy (non-hydrogen) atoms. The third-order valence-corrected chi connectivity index (χ3v) is 3.02. The van der Waals surface area contributed by atoms with Crippen LogP contribution in [0.4, 0.5) is 4.79 Å². The molecule has 1 aliphatic heterocycles. The second kappa shape index (κ2) is 4.22. The summed E-state index contributed by atoms with van der Waals surface area (Å²) >= 11 is 3.33. The van der Waals surface area contributed by atoms with Crippen LogP contribution in [0.15, 0.2) is 16.9 Å². The summed E-state index contributed by atoms with van der Waals surface area (Å²) < 4.78 is 2.76. The van der Waals surface area contributed by atoms with E-state index in [1.54, 1.807) is 6.20 Å². The van der Waals surface area contributed by atoms with Crippen molar-refractivity contribution in [2.75, 3.05) is 13.1 Å². The number of hydrogen-bond donors (Lipinski definition) is 1. The van der Waals surface area contributed by atoms with Crippen LogP contribution < -0.4 is 0 Å². The Bertz CT molecular complexity index is 366. The number of amides is 1. The fraction of sp³-hybridized carbons (Fsp3) is 0.556. The summed E-state index contributed by atoms with van der Waals surface area (Å²) in [5, 5.41) is 13.1. The van der Waals surface area contributed by atoms with Crippen LogP contribution in [0, 0.1) is 0 Å². The first-order valence-corrected chi connectivity index (χ1v) is 5.63. The van der Waals surface area contributed by atoms with E-state index in [1.165, 1.54) is 4.90 Å². The highest BCUT2D eigenvalue weighted by Gasteiger charge is 2.24. The number of carbonyl (C=O) groups is 1. The molecule has 0 aliphatic carbocycles. The smallest absolute Gasteiger partial charge is 0.407 e.